The van der Waals surface area contributed by atoms with Crippen LogP contribution in [0.2, 0.25) is 0 Å². The highest BCUT2D eigenvalue weighted by Crippen LogP contribution is 2.19. The van der Waals surface area contributed by atoms with E-state index in [-0.39, 0.29) is 6.04 Å². The third kappa shape index (κ3) is 2.65. The van der Waals surface area contributed by atoms with Crippen LogP contribution in [0.1, 0.15) is 12.5 Å². The zero-order chi connectivity index (χ0) is 12.1. The maximum Gasteiger partial charge on any atom is 0.0530 e. The molecule has 0 aromatic heterocycles. The number of rotatable bonds is 3. The molecule has 0 saturated carbocycles. The molecule has 3 nitrogen and oxygen atoms in total. The first-order chi connectivity index (χ1) is 8.31. The van der Waals surface area contributed by atoms with Crippen LogP contribution in [0.5, 0.6) is 0 Å². The third-order valence-corrected chi connectivity index (χ3v) is 2.61. The Bertz CT molecular complexity index is 590. The van der Waals surface area contributed by atoms with Crippen LogP contribution in [0, 0.1) is 0 Å². The summed E-state index contributed by atoms with van der Waals surface area (Å²) in [7, 11) is 0. The fraction of sp³-hybridized carbons (Fsp3) is 0.143. The van der Waals surface area contributed by atoms with E-state index in [1.165, 1.54) is 10.8 Å². The molecule has 0 saturated heterocycles. The summed E-state index contributed by atoms with van der Waals surface area (Å²) < 4.78 is 0. The molecule has 17 heavy (non-hydrogen) atoms. The van der Waals surface area contributed by atoms with Crippen LogP contribution < -0.4 is 0 Å². The summed E-state index contributed by atoms with van der Waals surface area (Å²) in [5, 5.41) is 6.04. The number of benzene rings is 2. The number of fused-ring (bicyclic) bond motifs is 1. The topological polar surface area (TPSA) is 48.8 Å². The second-order valence-electron chi connectivity index (χ2n) is 3.87. The summed E-state index contributed by atoms with van der Waals surface area (Å²) in [6.45, 7) is 1.86. The van der Waals surface area contributed by atoms with Crippen molar-refractivity contribution in [2.75, 3.05) is 0 Å². The summed E-state index contributed by atoms with van der Waals surface area (Å²) in [6, 6.07) is 14.3. The maximum absolute atomic E-state index is 8.33. The second-order valence-corrected chi connectivity index (χ2v) is 3.87. The van der Waals surface area contributed by atoms with Gasteiger partial charge in [0.05, 0.1) is 6.04 Å². The molecule has 0 spiro atoms. The van der Waals surface area contributed by atoms with E-state index in [4.69, 9.17) is 5.53 Å². The van der Waals surface area contributed by atoms with E-state index < -0.39 is 0 Å². The van der Waals surface area contributed by atoms with E-state index >= 15 is 0 Å². The zero-order valence-corrected chi connectivity index (χ0v) is 9.62. The summed E-state index contributed by atoms with van der Waals surface area (Å²) in [6.07, 6.45) is 3.91. The second kappa shape index (κ2) is 5.19. The van der Waals surface area contributed by atoms with Crippen LogP contribution >= 0.6 is 0 Å². The molecule has 3 heteroatoms. The minimum absolute atomic E-state index is 0.126. The fourth-order valence-corrected chi connectivity index (χ4v) is 1.76. The highest BCUT2D eigenvalue weighted by atomic mass is 15.1. The van der Waals surface area contributed by atoms with Crippen molar-refractivity contribution in [1.29, 1.82) is 0 Å². The number of hydrogen-bond donors (Lipinski definition) is 0. The molecule has 0 heterocycles. The van der Waals surface area contributed by atoms with E-state index in [1.807, 2.05) is 37.3 Å². The molecule has 0 aliphatic carbocycles. The zero-order valence-electron chi connectivity index (χ0n) is 9.62. The Hall–Kier alpha value is -2.25. The summed E-state index contributed by atoms with van der Waals surface area (Å²) >= 11 is 0. The molecule has 2 aromatic carbocycles. The van der Waals surface area contributed by atoms with E-state index in [1.54, 1.807) is 0 Å². The molecule has 1 atom stereocenters. The Morgan fingerprint density at radius 2 is 1.94 bits per heavy atom. The van der Waals surface area contributed by atoms with Crippen molar-refractivity contribution >= 4 is 16.8 Å². The van der Waals surface area contributed by atoms with Gasteiger partial charge in [-0.2, -0.15) is 0 Å². The van der Waals surface area contributed by atoms with Crippen molar-refractivity contribution in [3.05, 3.63) is 64.5 Å². The predicted octanol–water partition coefficient (Wildman–Crippen LogP) is 4.55. The lowest BCUT2D eigenvalue weighted by Crippen LogP contribution is -1.88. The van der Waals surface area contributed by atoms with Gasteiger partial charge in [-0.05, 0) is 21.9 Å². The van der Waals surface area contributed by atoms with Gasteiger partial charge in [-0.1, -0.05) is 66.7 Å². The number of azide groups is 1. The van der Waals surface area contributed by atoms with Gasteiger partial charge in [0.25, 0.3) is 0 Å². The SMILES string of the molecule is CC(/C=C/c1cccc2ccccc12)N=[N+]=[N-]. The van der Waals surface area contributed by atoms with E-state index in [2.05, 4.69) is 34.3 Å². The van der Waals surface area contributed by atoms with Crippen molar-refractivity contribution in [2.45, 2.75) is 13.0 Å². The molecule has 2 aromatic rings. The maximum atomic E-state index is 8.33. The Kier molecular flexibility index (Phi) is 3.43. The van der Waals surface area contributed by atoms with Crippen LogP contribution in [0.4, 0.5) is 0 Å². The molecule has 0 bridgehead atoms. The van der Waals surface area contributed by atoms with Crippen LogP contribution in [0.25, 0.3) is 27.3 Å². The van der Waals surface area contributed by atoms with E-state index in [9.17, 15) is 0 Å². The molecule has 0 fully saturated rings. The molecule has 0 aliphatic rings. The molecule has 0 amide bonds. The van der Waals surface area contributed by atoms with Crippen LogP contribution in [-0.2, 0) is 0 Å². The molecule has 0 radical (unpaired) electrons. The van der Waals surface area contributed by atoms with Crippen molar-refractivity contribution < 1.29 is 0 Å². The van der Waals surface area contributed by atoms with Crippen LogP contribution in [-0.4, -0.2) is 6.04 Å². The molecule has 84 valence electrons. The van der Waals surface area contributed by atoms with Gasteiger partial charge >= 0.3 is 0 Å². The third-order valence-electron chi connectivity index (χ3n) is 2.61. The van der Waals surface area contributed by atoms with Gasteiger partial charge in [-0.3, -0.25) is 0 Å². The molecule has 2 rings (SSSR count). The van der Waals surface area contributed by atoms with Gasteiger partial charge in [0.15, 0.2) is 0 Å². The lowest BCUT2D eigenvalue weighted by atomic mass is 10.0. The van der Waals surface area contributed by atoms with Crippen LogP contribution in [0.15, 0.2) is 53.7 Å². The summed E-state index contributed by atoms with van der Waals surface area (Å²) in [5.74, 6) is 0. The first-order valence-corrected chi connectivity index (χ1v) is 5.51. The minimum atomic E-state index is -0.126. The van der Waals surface area contributed by atoms with Gasteiger partial charge in [0, 0.05) is 4.91 Å². The first-order valence-electron chi connectivity index (χ1n) is 5.51. The first kappa shape index (κ1) is 11.2. The predicted molar refractivity (Wildman–Crippen MR) is 71.6 cm³/mol. The quantitative estimate of drug-likeness (QED) is 0.416. The van der Waals surface area contributed by atoms with Crippen molar-refractivity contribution in [1.82, 2.24) is 0 Å². The van der Waals surface area contributed by atoms with Gasteiger partial charge in [0.2, 0.25) is 0 Å². The van der Waals surface area contributed by atoms with Crippen molar-refractivity contribution in [3.8, 4) is 0 Å². The standard InChI is InChI=1S/C14H13N3/c1-11(16-17-15)9-10-13-7-4-6-12-5-2-3-8-14(12)13/h2-11H,1H3/b10-9+. The van der Waals surface area contributed by atoms with Gasteiger partial charge in [-0.15, -0.1) is 0 Å². The van der Waals surface area contributed by atoms with Crippen LogP contribution in [0.3, 0.4) is 0 Å². The highest BCUT2D eigenvalue weighted by molar-refractivity contribution is 5.90. The van der Waals surface area contributed by atoms with E-state index in [0.717, 1.165) is 5.56 Å². The average molecular weight is 223 g/mol. The molecule has 1 unspecified atom stereocenters. The molecular formula is C14H13N3. The van der Waals surface area contributed by atoms with Gasteiger partial charge < -0.3 is 0 Å². The lowest BCUT2D eigenvalue weighted by molar-refractivity contribution is 0.915. The molecule has 0 aliphatic heterocycles. The normalized spacial score (nSPS) is 12.5. The number of nitrogens with zero attached hydrogens (tertiary/aromatic N) is 3. The lowest BCUT2D eigenvalue weighted by Gasteiger charge is -2.02. The summed E-state index contributed by atoms with van der Waals surface area (Å²) in [5.41, 5.74) is 9.47. The van der Waals surface area contributed by atoms with Gasteiger partial charge in [-0.25, -0.2) is 0 Å². The molecule has 0 N–H and O–H groups in total. The Labute approximate surface area is 100 Å². The van der Waals surface area contributed by atoms with Crippen molar-refractivity contribution in [2.24, 2.45) is 5.11 Å². The van der Waals surface area contributed by atoms with E-state index in [0.29, 0.717) is 0 Å². The Balaban J connectivity index is 2.39. The highest BCUT2D eigenvalue weighted by Gasteiger charge is 1.97. The van der Waals surface area contributed by atoms with Crippen molar-refractivity contribution in [3.63, 3.8) is 0 Å². The molecular weight excluding hydrogens is 210 g/mol. The Morgan fingerprint density at radius 3 is 2.76 bits per heavy atom. The average Bonchev–Trinajstić information content (AvgIpc) is 2.36. The minimum Gasteiger partial charge on any atom is -0.0868 e. The number of hydrogen-bond acceptors (Lipinski definition) is 1. The monoisotopic (exact) mass is 223 g/mol. The summed E-state index contributed by atoms with van der Waals surface area (Å²) in [4.78, 5) is 2.78. The fourth-order valence-electron chi connectivity index (χ4n) is 1.76. The smallest absolute Gasteiger partial charge is 0.0530 e. The largest absolute Gasteiger partial charge is 0.0868 e. The Morgan fingerprint density at radius 1 is 1.18 bits per heavy atom. The van der Waals surface area contributed by atoms with Gasteiger partial charge in [0.1, 0.15) is 0 Å².